The van der Waals surface area contributed by atoms with Crippen LogP contribution in [-0.2, 0) is 28.7 Å². The molecule has 4 rings (SSSR count). The van der Waals surface area contributed by atoms with Crippen LogP contribution in [0.3, 0.4) is 0 Å². The summed E-state index contributed by atoms with van der Waals surface area (Å²) in [6.07, 6.45) is -1.97. The van der Waals surface area contributed by atoms with Crippen LogP contribution in [0.25, 0.3) is 0 Å². The number of halogens is 3. The highest BCUT2D eigenvalue weighted by Gasteiger charge is 2.59. The highest BCUT2D eigenvalue weighted by Crippen LogP contribution is 2.50. The monoisotopic (exact) mass is 455 g/mol. The molecule has 2 fully saturated rings. The number of pyridine rings is 1. The molecule has 1 saturated heterocycles. The molecule has 3 heterocycles. The number of methoxy groups -OCH3 is 1. The molecule has 0 aromatic carbocycles. The van der Waals surface area contributed by atoms with Crippen LogP contribution in [0.15, 0.2) is 12.3 Å². The summed E-state index contributed by atoms with van der Waals surface area (Å²) in [4.78, 5) is 32.7. The number of carbonyl (C=O) groups is 2. The fourth-order valence-electron chi connectivity index (χ4n) is 5.46. The highest BCUT2D eigenvalue weighted by molar-refractivity contribution is 5.86. The second-order valence-corrected chi connectivity index (χ2v) is 8.96. The third-order valence-electron chi connectivity index (χ3n) is 7.01. The van der Waals surface area contributed by atoms with Gasteiger partial charge in [0.25, 0.3) is 0 Å². The number of likely N-dealkylation sites (tertiary alicyclic amines) is 1. The minimum absolute atomic E-state index is 0.0522. The van der Waals surface area contributed by atoms with Crippen molar-refractivity contribution in [3.8, 4) is 0 Å². The lowest BCUT2D eigenvalue weighted by molar-refractivity contribution is -0.143. The molecule has 3 amide bonds. The number of fused-ring (bicyclic) bond motifs is 2. The molecule has 1 saturated carbocycles. The van der Waals surface area contributed by atoms with Gasteiger partial charge < -0.3 is 25.6 Å². The Morgan fingerprint density at radius 2 is 2.16 bits per heavy atom. The van der Waals surface area contributed by atoms with E-state index in [9.17, 15) is 22.8 Å². The van der Waals surface area contributed by atoms with E-state index < -0.39 is 23.2 Å². The van der Waals surface area contributed by atoms with Gasteiger partial charge in [0.15, 0.2) is 0 Å². The average Bonchev–Trinajstić information content (AvgIpc) is 3.27. The zero-order valence-corrected chi connectivity index (χ0v) is 18.0. The summed E-state index contributed by atoms with van der Waals surface area (Å²) in [5, 5.41) is 3.41. The standard InChI is InChI=1S/C21H28F3N5O3/c1-32-5-3-26-16-7-15-11-29(19(25)31)12-20(15,8-16)18(30)28-4-2-17-13(10-28)6-14(9-27-17)21(22,23)24/h6,9,15-16,26H,2-5,7-8,10-12H2,1H3,(H2,25,31). The molecule has 0 bridgehead atoms. The number of rotatable bonds is 5. The van der Waals surface area contributed by atoms with Crippen LogP contribution in [0.1, 0.15) is 29.7 Å². The molecule has 11 heteroatoms. The quantitative estimate of drug-likeness (QED) is 0.654. The summed E-state index contributed by atoms with van der Waals surface area (Å²) in [7, 11) is 1.62. The second kappa shape index (κ2) is 8.51. The number of nitrogens with one attached hydrogen (secondary N) is 1. The Balaban J connectivity index is 1.55. The lowest BCUT2D eigenvalue weighted by Gasteiger charge is -2.37. The molecule has 3 aliphatic rings. The van der Waals surface area contributed by atoms with Crippen molar-refractivity contribution in [2.75, 3.05) is 39.9 Å². The van der Waals surface area contributed by atoms with Crippen LogP contribution in [0.2, 0.25) is 0 Å². The normalized spacial score (nSPS) is 27.4. The van der Waals surface area contributed by atoms with Gasteiger partial charge >= 0.3 is 12.2 Å². The van der Waals surface area contributed by atoms with Crippen molar-refractivity contribution in [3.63, 3.8) is 0 Å². The van der Waals surface area contributed by atoms with Gasteiger partial charge in [-0.25, -0.2) is 4.79 Å². The van der Waals surface area contributed by atoms with E-state index >= 15 is 0 Å². The smallest absolute Gasteiger partial charge is 0.383 e. The van der Waals surface area contributed by atoms with E-state index in [0.29, 0.717) is 50.3 Å². The first-order chi connectivity index (χ1) is 15.1. The predicted molar refractivity (Wildman–Crippen MR) is 108 cm³/mol. The Kier molecular flexibility index (Phi) is 6.06. The molecule has 1 aromatic rings. The van der Waals surface area contributed by atoms with E-state index in [-0.39, 0.29) is 31.0 Å². The van der Waals surface area contributed by atoms with Crippen molar-refractivity contribution in [2.45, 2.75) is 38.0 Å². The number of hydrogen-bond acceptors (Lipinski definition) is 5. The molecule has 1 aromatic heterocycles. The zero-order valence-electron chi connectivity index (χ0n) is 18.0. The van der Waals surface area contributed by atoms with E-state index in [0.717, 1.165) is 18.7 Å². The molecule has 0 radical (unpaired) electrons. The fraction of sp³-hybridized carbons (Fsp3) is 0.667. The first-order valence-corrected chi connectivity index (χ1v) is 10.7. The van der Waals surface area contributed by atoms with Gasteiger partial charge in [0, 0.05) is 64.2 Å². The second-order valence-electron chi connectivity index (χ2n) is 8.96. The van der Waals surface area contributed by atoms with E-state index in [1.807, 2.05) is 0 Å². The number of primary amides is 1. The number of hydrogen-bond donors (Lipinski definition) is 2. The van der Waals surface area contributed by atoms with Crippen LogP contribution in [0.4, 0.5) is 18.0 Å². The summed E-state index contributed by atoms with van der Waals surface area (Å²) in [6, 6.07) is 0.633. The van der Waals surface area contributed by atoms with Gasteiger partial charge in [-0.05, 0) is 30.4 Å². The first kappa shape index (κ1) is 22.8. The van der Waals surface area contributed by atoms with Crippen LogP contribution >= 0.6 is 0 Å². The van der Waals surface area contributed by atoms with E-state index in [2.05, 4.69) is 10.3 Å². The van der Waals surface area contributed by atoms with Gasteiger partial charge in [-0.1, -0.05) is 0 Å². The van der Waals surface area contributed by atoms with Gasteiger partial charge in [-0.15, -0.1) is 0 Å². The number of alkyl halides is 3. The highest BCUT2D eigenvalue weighted by atomic mass is 19.4. The molecule has 0 spiro atoms. The Hall–Kier alpha value is -2.40. The molecule has 32 heavy (non-hydrogen) atoms. The third-order valence-corrected chi connectivity index (χ3v) is 7.01. The molecule has 176 valence electrons. The van der Waals surface area contributed by atoms with Gasteiger partial charge in [0.05, 0.1) is 17.6 Å². The van der Waals surface area contributed by atoms with Crippen molar-refractivity contribution in [1.82, 2.24) is 20.1 Å². The van der Waals surface area contributed by atoms with Gasteiger partial charge in [-0.3, -0.25) is 9.78 Å². The fourth-order valence-corrected chi connectivity index (χ4v) is 5.46. The van der Waals surface area contributed by atoms with Gasteiger partial charge in [0.2, 0.25) is 5.91 Å². The summed E-state index contributed by atoms with van der Waals surface area (Å²) >= 11 is 0. The van der Waals surface area contributed by atoms with Gasteiger partial charge in [-0.2, -0.15) is 13.2 Å². The number of ether oxygens (including phenoxy) is 1. The number of urea groups is 1. The topological polar surface area (TPSA) is 101 Å². The molecule has 3 atom stereocenters. The molecular formula is C21H28F3N5O3. The van der Waals surface area contributed by atoms with E-state index in [4.69, 9.17) is 10.5 Å². The molecule has 8 nitrogen and oxygen atoms in total. The number of amides is 3. The minimum atomic E-state index is -4.49. The van der Waals surface area contributed by atoms with Gasteiger partial charge in [0.1, 0.15) is 0 Å². The summed E-state index contributed by atoms with van der Waals surface area (Å²) < 4.78 is 44.5. The maximum atomic E-state index is 13.8. The molecule has 3 N–H and O–H groups in total. The predicted octanol–water partition coefficient (Wildman–Crippen LogP) is 1.38. The lowest BCUT2D eigenvalue weighted by Crippen LogP contribution is -2.49. The largest absolute Gasteiger partial charge is 0.417 e. The Morgan fingerprint density at radius 3 is 2.84 bits per heavy atom. The lowest BCUT2D eigenvalue weighted by atomic mass is 9.78. The molecule has 3 unspecified atom stereocenters. The number of aromatic nitrogens is 1. The van der Waals surface area contributed by atoms with Crippen LogP contribution in [0.5, 0.6) is 0 Å². The summed E-state index contributed by atoms with van der Waals surface area (Å²) in [5.74, 6) is -0.172. The minimum Gasteiger partial charge on any atom is -0.383 e. The van der Waals surface area contributed by atoms with Crippen molar-refractivity contribution >= 4 is 11.9 Å². The van der Waals surface area contributed by atoms with Crippen LogP contribution < -0.4 is 11.1 Å². The number of nitrogens with zero attached hydrogens (tertiary/aromatic N) is 3. The SMILES string of the molecule is COCCNC1CC2CN(C(N)=O)CC2(C(=O)N2CCc3ncc(C(F)(F)F)cc3C2)C1. The maximum absolute atomic E-state index is 13.8. The van der Waals surface area contributed by atoms with Crippen molar-refractivity contribution in [3.05, 3.63) is 29.1 Å². The van der Waals surface area contributed by atoms with E-state index in [1.54, 1.807) is 12.0 Å². The summed E-state index contributed by atoms with van der Waals surface area (Å²) in [6.45, 7) is 2.31. The molecule has 1 aliphatic carbocycles. The maximum Gasteiger partial charge on any atom is 0.417 e. The molecular weight excluding hydrogens is 427 g/mol. The van der Waals surface area contributed by atoms with Crippen molar-refractivity contribution in [1.29, 1.82) is 0 Å². The summed E-state index contributed by atoms with van der Waals surface area (Å²) in [5.41, 5.74) is 4.92. The Bertz CT molecular complexity index is 896. The first-order valence-electron chi connectivity index (χ1n) is 10.7. The zero-order chi connectivity index (χ0) is 23.1. The number of carbonyl (C=O) groups excluding carboxylic acids is 2. The van der Waals surface area contributed by atoms with E-state index in [1.165, 1.54) is 4.90 Å². The average molecular weight is 455 g/mol. The van der Waals surface area contributed by atoms with Crippen molar-refractivity contribution in [2.24, 2.45) is 17.1 Å². The van der Waals surface area contributed by atoms with Crippen molar-refractivity contribution < 1.29 is 27.5 Å². The Morgan fingerprint density at radius 1 is 1.38 bits per heavy atom. The van der Waals surface area contributed by atoms with Crippen LogP contribution in [0, 0.1) is 11.3 Å². The Labute approximate surface area is 184 Å². The van der Waals surface area contributed by atoms with Crippen LogP contribution in [-0.4, -0.2) is 72.7 Å². The third kappa shape index (κ3) is 4.15. The molecule has 2 aliphatic heterocycles. The number of nitrogens with two attached hydrogens (primary N) is 1.